The summed E-state index contributed by atoms with van der Waals surface area (Å²) in [6.45, 7) is 5.13. The highest BCUT2D eigenvalue weighted by Gasteiger charge is 2.32. The lowest BCUT2D eigenvalue weighted by atomic mass is 10.0. The number of benzene rings is 2. The zero-order valence-corrected chi connectivity index (χ0v) is 20.2. The summed E-state index contributed by atoms with van der Waals surface area (Å²) < 4.78 is 1.60. The number of carbonyl (C=O) groups is 2. The van der Waals surface area contributed by atoms with Gasteiger partial charge in [0.05, 0.1) is 12.1 Å². The van der Waals surface area contributed by atoms with Crippen molar-refractivity contribution in [2.45, 2.75) is 39.4 Å². The number of fused-ring (bicyclic) bond motifs is 1. The third-order valence-electron chi connectivity index (χ3n) is 5.63. The third-order valence-corrected chi connectivity index (χ3v) is 6.49. The van der Waals surface area contributed by atoms with Crippen LogP contribution >= 0.6 is 11.3 Å². The summed E-state index contributed by atoms with van der Waals surface area (Å²) in [6, 6.07) is 20.2. The van der Waals surface area contributed by atoms with E-state index in [1.165, 1.54) is 0 Å². The minimum absolute atomic E-state index is 0.00546. The molecule has 34 heavy (non-hydrogen) atoms. The quantitative estimate of drug-likeness (QED) is 0.368. The second kappa shape index (κ2) is 11.1. The average molecular weight is 476 g/mol. The fraction of sp³-hybridized carbons (Fsp3) is 0.308. The zero-order valence-electron chi connectivity index (χ0n) is 19.4. The minimum Gasteiger partial charge on any atom is -0.354 e. The van der Waals surface area contributed by atoms with Gasteiger partial charge < -0.3 is 10.2 Å². The maximum Gasteiger partial charge on any atom is 0.247 e. The van der Waals surface area contributed by atoms with Crippen LogP contribution in [0.15, 0.2) is 72.1 Å². The lowest BCUT2D eigenvalue weighted by Crippen LogP contribution is -2.44. The number of para-hydroxylation sites is 1. The fourth-order valence-electron chi connectivity index (χ4n) is 3.84. The summed E-state index contributed by atoms with van der Waals surface area (Å²) in [5.41, 5.74) is 2.29. The number of thiophene rings is 1. The van der Waals surface area contributed by atoms with Gasteiger partial charge >= 0.3 is 0 Å². The number of aromatic nitrogens is 3. The Labute approximate surface area is 203 Å². The van der Waals surface area contributed by atoms with Gasteiger partial charge in [-0.25, -0.2) is 4.68 Å². The zero-order chi connectivity index (χ0) is 23.9. The number of rotatable bonds is 10. The third kappa shape index (κ3) is 5.69. The maximum absolute atomic E-state index is 13.7. The molecule has 1 unspecified atom stereocenters. The van der Waals surface area contributed by atoms with Crippen molar-refractivity contribution >= 4 is 34.2 Å². The molecule has 8 heteroatoms. The molecule has 2 aromatic heterocycles. The Bertz CT molecular complexity index is 1220. The van der Waals surface area contributed by atoms with Crippen LogP contribution in [0.4, 0.5) is 0 Å². The molecule has 4 aromatic rings. The highest BCUT2D eigenvalue weighted by atomic mass is 32.1. The summed E-state index contributed by atoms with van der Waals surface area (Å²) in [5.74, 6) is 0.0945. The smallest absolute Gasteiger partial charge is 0.247 e. The monoisotopic (exact) mass is 475 g/mol. The second-order valence-electron chi connectivity index (χ2n) is 8.62. The number of hydrogen-bond acceptors (Lipinski definition) is 5. The van der Waals surface area contributed by atoms with Crippen LogP contribution in [0.5, 0.6) is 0 Å². The van der Waals surface area contributed by atoms with Crippen molar-refractivity contribution in [1.82, 2.24) is 25.2 Å². The van der Waals surface area contributed by atoms with Crippen LogP contribution in [0.25, 0.3) is 11.0 Å². The van der Waals surface area contributed by atoms with Crippen molar-refractivity contribution in [3.63, 3.8) is 0 Å². The van der Waals surface area contributed by atoms with E-state index in [1.807, 2.05) is 72.1 Å². The van der Waals surface area contributed by atoms with Crippen LogP contribution in [0, 0.1) is 5.92 Å². The average Bonchev–Trinajstić information content (AvgIpc) is 3.49. The van der Waals surface area contributed by atoms with Crippen molar-refractivity contribution in [3.8, 4) is 0 Å². The van der Waals surface area contributed by atoms with E-state index < -0.39 is 6.04 Å². The van der Waals surface area contributed by atoms with E-state index in [0.717, 1.165) is 27.9 Å². The van der Waals surface area contributed by atoms with Crippen LogP contribution in [-0.4, -0.2) is 38.3 Å². The van der Waals surface area contributed by atoms with Crippen LogP contribution in [-0.2, 0) is 22.7 Å². The molecule has 2 heterocycles. The van der Waals surface area contributed by atoms with Crippen LogP contribution in [0.1, 0.15) is 36.8 Å². The first-order valence-corrected chi connectivity index (χ1v) is 12.3. The van der Waals surface area contributed by atoms with Gasteiger partial charge in [-0.05, 0) is 41.5 Å². The standard InChI is InChI=1S/C26H29N5O2S/c1-19(2)14-15-27-26(33)25(20-9-4-3-5-10-20)30(17-21-11-8-16-34-21)24(32)18-31-23-13-7-6-12-22(23)28-29-31/h3-13,16,19,25H,14-15,17-18H2,1-2H3,(H,27,33). The molecule has 2 aromatic carbocycles. The molecule has 7 nitrogen and oxygen atoms in total. The molecule has 2 amide bonds. The van der Waals surface area contributed by atoms with Crippen molar-refractivity contribution in [1.29, 1.82) is 0 Å². The van der Waals surface area contributed by atoms with E-state index in [4.69, 9.17) is 0 Å². The number of amides is 2. The molecule has 0 bridgehead atoms. The van der Waals surface area contributed by atoms with Gasteiger partial charge in [-0.1, -0.05) is 67.6 Å². The van der Waals surface area contributed by atoms with Gasteiger partial charge in [-0.2, -0.15) is 0 Å². The molecular formula is C26H29N5O2S. The number of hydrogen-bond donors (Lipinski definition) is 1. The predicted octanol–water partition coefficient (Wildman–Crippen LogP) is 4.43. The first kappa shape index (κ1) is 23.6. The van der Waals surface area contributed by atoms with E-state index in [9.17, 15) is 9.59 Å². The summed E-state index contributed by atoms with van der Waals surface area (Å²) in [5, 5.41) is 13.4. The Morgan fingerprint density at radius 2 is 1.79 bits per heavy atom. The Hall–Kier alpha value is -3.52. The summed E-state index contributed by atoms with van der Waals surface area (Å²) in [6.07, 6.45) is 0.872. The van der Waals surface area contributed by atoms with Gasteiger partial charge in [0.15, 0.2) is 0 Å². The Morgan fingerprint density at radius 3 is 2.53 bits per heavy atom. The van der Waals surface area contributed by atoms with E-state index >= 15 is 0 Å². The van der Waals surface area contributed by atoms with Crippen molar-refractivity contribution < 1.29 is 9.59 Å². The van der Waals surface area contributed by atoms with Crippen molar-refractivity contribution in [3.05, 3.63) is 82.6 Å². The lowest BCUT2D eigenvalue weighted by molar-refractivity contribution is -0.142. The fourth-order valence-corrected chi connectivity index (χ4v) is 4.54. The first-order valence-electron chi connectivity index (χ1n) is 11.5. The molecule has 4 rings (SSSR count). The van der Waals surface area contributed by atoms with Gasteiger partial charge in [-0.3, -0.25) is 9.59 Å². The lowest BCUT2D eigenvalue weighted by Gasteiger charge is -2.31. The highest BCUT2D eigenvalue weighted by Crippen LogP contribution is 2.26. The Kier molecular flexibility index (Phi) is 7.69. The van der Waals surface area contributed by atoms with E-state index in [0.29, 0.717) is 19.0 Å². The van der Waals surface area contributed by atoms with Crippen molar-refractivity contribution in [2.75, 3.05) is 6.54 Å². The van der Waals surface area contributed by atoms with Gasteiger partial charge in [0.2, 0.25) is 11.8 Å². The molecule has 1 atom stereocenters. The second-order valence-corrected chi connectivity index (χ2v) is 9.66. The number of nitrogens with zero attached hydrogens (tertiary/aromatic N) is 4. The normalized spacial score (nSPS) is 12.1. The van der Waals surface area contributed by atoms with E-state index in [1.54, 1.807) is 20.9 Å². The Morgan fingerprint density at radius 1 is 1.03 bits per heavy atom. The van der Waals surface area contributed by atoms with Crippen LogP contribution in [0.2, 0.25) is 0 Å². The first-order chi connectivity index (χ1) is 16.5. The van der Waals surface area contributed by atoms with Gasteiger partial charge in [0.1, 0.15) is 18.1 Å². The molecule has 0 saturated carbocycles. The Balaban J connectivity index is 1.66. The van der Waals surface area contributed by atoms with Crippen LogP contribution < -0.4 is 5.32 Å². The van der Waals surface area contributed by atoms with Crippen LogP contribution in [0.3, 0.4) is 0 Å². The van der Waals surface area contributed by atoms with Crippen molar-refractivity contribution in [2.24, 2.45) is 5.92 Å². The molecular weight excluding hydrogens is 446 g/mol. The summed E-state index contributed by atoms with van der Waals surface area (Å²) in [4.78, 5) is 29.9. The molecule has 0 aliphatic heterocycles. The van der Waals surface area contributed by atoms with E-state index in [2.05, 4.69) is 29.5 Å². The molecule has 0 radical (unpaired) electrons. The summed E-state index contributed by atoms with van der Waals surface area (Å²) in [7, 11) is 0. The molecule has 0 aliphatic rings. The SMILES string of the molecule is CC(C)CCNC(=O)C(c1ccccc1)N(Cc1cccs1)C(=O)Cn1nnc2ccccc21. The summed E-state index contributed by atoms with van der Waals surface area (Å²) >= 11 is 1.56. The van der Waals surface area contributed by atoms with Gasteiger partial charge in [-0.15, -0.1) is 16.4 Å². The largest absolute Gasteiger partial charge is 0.354 e. The molecule has 0 saturated heterocycles. The predicted molar refractivity (Wildman–Crippen MR) is 134 cm³/mol. The molecule has 0 spiro atoms. The molecule has 176 valence electrons. The molecule has 1 N–H and O–H groups in total. The van der Waals surface area contributed by atoms with E-state index in [-0.39, 0.29) is 18.4 Å². The van der Waals surface area contributed by atoms with Gasteiger partial charge in [0.25, 0.3) is 0 Å². The minimum atomic E-state index is -0.752. The topological polar surface area (TPSA) is 80.1 Å². The maximum atomic E-state index is 13.7. The highest BCUT2D eigenvalue weighted by molar-refractivity contribution is 7.09. The van der Waals surface area contributed by atoms with Gasteiger partial charge in [0, 0.05) is 11.4 Å². The number of carbonyl (C=O) groups excluding carboxylic acids is 2. The number of nitrogens with one attached hydrogen (secondary N) is 1. The molecule has 0 fully saturated rings. The molecule has 0 aliphatic carbocycles.